The Morgan fingerprint density at radius 1 is 1.04 bits per heavy atom. The Bertz CT molecular complexity index is 730. The number of carbonyl (C=O) groups excluding carboxylic acids is 1. The zero-order valence-electron chi connectivity index (χ0n) is 15.1. The standard InChI is InChI=1S/C22H25NO3/c1-17(2)21-13-20(25-15-18-9-5-3-6-10-18)14-23(21)22(24)26-16-19-11-7-4-8-12-19/h3-12,20-21H,1,13-16H2,2H3/t20-,21-/m1/s1. The third kappa shape index (κ3) is 4.73. The van der Waals surface area contributed by atoms with E-state index in [1.165, 1.54) is 0 Å². The van der Waals surface area contributed by atoms with Gasteiger partial charge in [0.15, 0.2) is 0 Å². The highest BCUT2D eigenvalue weighted by Crippen LogP contribution is 2.26. The van der Waals surface area contributed by atoms with E-state index in [1.54, 1.807) is 4.90 Å². The van der Waals surface area contributed by atoms with E-state index < -0.39 is 0 Å². The first-order valence-corrected chi connectivity index (χ1v) is 8.91. The molecule has 26 heavy (non-hydrogen) atoms. The molecule has 2 aromatic rings. The largest absolute Gasteiger partial charge is 0.445 e. The molecule has 0 N–H and O–H groups in total. The second-order valence-corrected chi connectivity index (χ2v) is 6.71. The minimum Gasteiger partial charge on any atom is -0.445 e. The van der Waals surface area contributed by atoms with Crippen molar-refractivity contribution in [3.05, 3.63) is 83.9 Å². The summed E-state index contributed by atoms with van der Waals surface area (Å²) in [6.45, 7) is 7.32. The number of hydrogen-bond donors (Lipinski definition) is 0. The predicted octanol–water partition coefficient (Wildman–Crippen LogP) is 4.56. The number of rotatable bonds is 6. The molecular weight excluding hydrogens is 326 g/mol. The first kappa shape index (κ1) is 18.2. The molecule has 1 amide bonds. The number of likely N-dealkylation sites (tertiary alicyclic amines) is 1. The zero-order chi connectivity index (χ0) is 18.4. The van der Waals surface area contributed by atoms with Gasteiger partial charge >= 0.3 is 6.09 Å². The second-order valence-electron chi connectivity index (χ2n) is 6.71. The highest BCUT2D eigenvalue weighted by atomic mass is 16.6. The maximum atomic E-state index is 12.6. The normalized spacial score (nSPS) is 19.3. The maximum absolute atomic E-state index is 12.6. The van der Waals surface area contributed by atoms with Crippen LogP contribution >= 0.6 is 0 Å². The van der Waals surface area contributed by atoms with E-state index in [4.69, 9.17) is 9.47 Å². The Morgan fingerprint density at radius 3 is 2.19 bits per heavy atom. The van der Waals surface area contributed by atoms with E-state index in [0.29, 0.717) is 13.2 Å². The Hall–Kier alpha value is -2.59. The van der Waals surface area contributed by atoms with Crippen LogP contribution in [0.4, 0.5) is 4.79 Å². The maximum Gasteiger partial charge on any atom is 0.410 e. The molecule has 0 saturated carbocycles. The van der Waals surface area contributed by atoms with Crippen LogP contribution in [0.15, 0.2) is 72.8 Å². The van der Waals surface area contributed by atoms with E-state index in [0.717, 1.165) is 23.1 Å². The molecule has 0 aliphatic carbocycles. The van der Waals surface area contributed by atoms with Crippen LogP contribution in [0.1, 0.15) is 24.5 Å². The monoisotopic (exact) mass is 351 g/mol. The fourth-order valence-corrected chi connectivity index (χ4v) is 3.18. The molecule has 3 rings (SSSR count). The molecule has 1 fully saturated rings. The topological polar surface area (TPSA) is 38.8 Å². The van der Waals surface area contributed by atoms with Crippen molar-refractivity contribution in [1.29, 1.82) is 0 Å². The highest BCUT2D eigenvalue weighted by Gasteiger charge is 2.37. The van der Waals surface area contributed by atoms with Crippen LogP contribution in [0.2, 0.25) is 0 Å². The molecule has 1 aliphatic rings. The summed E-state index contributed by atoms with van der Waals surface area (Å²) in [4.78, 5) is 14.3. The quantitative estimate of drug-likeness (QED) is 0.716. The summed E-state index contributed by atoms with van der Waals surface area (Å²) in [6, 6.07) is 19.7. The van der Waals surface area contributed by atoms with Gasteiger partial charge in [0, 0.05) is 0 Å². The molecule has 4 heteroatoms. The highest BCUT2D eigenvalue weighted by molar-refractivity contribution is 5.69. The van der Waals surface area contributed by atoms with Crippen molar-refractivity contribution in [3.63, 3.8) is 0 Å². The van der Waals surface area contributed by atoms with Crippen molar-refractivity contribution in [3.8, 4) is 0 Å². The van der Waals surface area contributed by atoms with Crippen LogP contribution in [-0.4, -0.2) is 29.7 Å². The fourth-order valence-electron chi connectivity index (χ4n) is 3.18. The van der Waals surface area contributed by atoms with Crippen LogP contribution in [0, 0.1) is 0 Å². The van der Waals surface area contributed by atoms with Crippen LogP contribution in [0.5, 0.6) is 0 Å². The molecule has 0 bridgehead atoms. The summed E-state index contributed by atoms with van der Waals surface area (Å²) in [5, 5.41) is 0. The Labute approximate surface area is 155 Å². The van der Waals surface area contributed by atoms with Crippen molar-refractivity contribution in [2.45, 2.75) is 38.7 Å². The predicted molar refractivity (Wildman–Crippen MR) is 102 cm³/mol. The molecular formula is C22H25NO3. The summed E-state index contributed by atoms with van der Waals surface area (Å²) in [5.41, 5.74) is 3.06. The van der Waals surface area contributed by atoms with Crippen molar-refractivity contribution < 1.29 is 14.3 Å². The molecule has 136 valence electrons. The number of hydrogen-bond acceptors (Lipinski definition) is 3. The molecule has 0 radical (unpaired) electrons. The number of amides is 1. The van der Waals surface area contributed by atoms with E-state index in [2.05, 4.69) is 6.58 Å². The van der Waals surface area contributed by atoms with E-state index >= 15 is 0 Å². The lowest BCUT2D eigenvalue weighted by atomic mass is 10.1. The van der Waals surface area contributed by atoms with Gasteiger partial charge in [0.2, 0.25) is 0 Å². The lowest BCUT2D eigenvalue weighted by Gasteiger charge is -2.23. The number of ether oxygens (including phenoxy) is 2. The SMILES string of the molecule is C=C(C)[C@H]1C[C@@H](OCc2ccccc2)CN1C(=O)OCc1ccccc1. The van der Waals surface area contributed by atoms with Crippen molar-refractivity contribution >= 4 is 6.09 Å². The lowest BCUT2D eigenvalue weighted by molar-refractivity contribution is 0.0431. The van der Waals surface area contributed by atoms with Crippen molar-refractivity contribution in [1.82, 2.24) is 4.90 Å². The minimum absolute atomic E-state index is 0.0128. The zero-order valence-corrected chi connectivity index (χ0v) is 15.1. The van der Waals surface area contributed by atoms with Gasteiger partial charge in [-0.2, -0.15) is 0 Å². The molecule has 1 aliphatic heterocycles. The van der Waals surface area contributed by atoms with Gasteiger partial charge in [-0.3, -0.25) is 4.90 Å². The van der Waals surface area contributed by atoms with E-state index in [1.807, 2.05) is 67.6 Å². The van der Waals surface area contributed by atoms with Gasteiger partial charge in [-0.15, -0.1) is 0 Å². The Morgan fingerprint density at radius 2 is 1.62 bits per heavy atom. The summed E-state index contributed by atoms with van der Waals surface area (Å²) in [5.74, 6) is 0. The lowest BCUT2D eigenvalue weighted by Crippen LogP contribution is -2.37. The summed E-state index contributed by atoms with van der Waals surface area (Å²) in [6.07, 6.45) is 0.427. The van der Waals surface area contributed by atoms with Gasteiger partial charge in [-0.25, -0.2) is 4.79 Å². The molecule has 1 saturated heterocycles. The van der Waals surface area contributed by atoms with Crippen LogP contribution in [0.3, 0.4) is 0 Å². The van der Waals surface area contributed by atoms with Gasteiger partial charge < -0.3 is 9.47 Å². The van der Waals surface area contributed by atoms with Gasteiger partial charge in [0.25, 0.3) is 0 Å². The smallest absolute Gasteiger partial charge is 0.410 e. The first-order chi connectivity index (χ1) is 12.6. The summed E-state index contributed by atoms with van der Waals surface area (Å²) < 4.78 is 11.5. The van der Waals surface area contributed by atoms with E-state index in [9.17, 15) is 4.79 Å². The second kappa shape index (κ2) is 8.68. The third-order valence-electron chi connectivity index (χ3n) is 4.60. The average Bonchev–Trinajstić information content (AvgIpc) is 3.11. The molecule has 0 spiro atoms. The van der Waals surface area contributed by atoms with Gasteiger partial charge in [0.1, 0.15) is 6.61 Å². The molecule has 1 heterocycles. The number of carbonyl (C=O) groups is 1. The van der Waals surface area contributed by atoms with Crippen LogP contribution in [-0.2, 0) is 22.7 Å². The molecule has 4 nitrogen and oxygen atoms in total. The third-order valence-corrected chi connectivity index (χ3v) is 4.60. The van der Waals surface area contributed by atoms with Gasteiger partial charge in [0.05, 0.1) is 25.3 Å². The summed E-state index contributed by atoms with van der Waals surface area (Å²) in [7, 11) is 0. The minimum atomic E-state index is -0.312. The van der Waals surface area contributed by atoms with Gasteiger partial charge in [-0.05, 0) is 24.5 Å². The van der Waals surface area contributed by atoms with Crippen LogP contribution < -0.4 is 0 Å². The number of nitrogens with zero attached hydrogens (tertiary/aromatic N) is 1. The Kier molecular flexibility index (Phi) is 6.08. The van der Waals surface area contributed by atoms with E-state index in [-0.39, 0.29) is 24.8 Å². The molecule has 0 unspecified atom stereocenters. The average molecular weight is 351 g/mol. The summed E-state index contributed by atoms with van der Waals surface area (Å²) >= 11 is 0. The number of benzene rings is 2. The fraction of sp³-hybridized carbons (Fsp3) is 0.318. The van der Waals surface area contributed by atoms with Crippen molar-refractivity contribution in [2.75, 3.05) is 6.54 Å². The molecule has 2 aromatic carbocycles. The van der Waals surface area contributed by atoms with Crippen LogP contribution in [0.25, 0.3) is 0 Å². The Balaban J connectivity index is 1.56. The van der Waals surface area contributed by atoms with Gasteiger partial charge in [-0.1, -0.05) is 72.8 Å². The molecule has 2 atom stereocenters. The molecule has 0 aromatic heterocycles. The first-order valence-electron chi connectivity index (χ1n) is 8.91. The van der Waals surface area contributed by atoms with Crippen molar-refractivity contribution in [2.24, 2.45) is 0 Å².